The first-order valence-corrected chi connectivity index (χ1v) is 3.89. The molecule has 0 aromatic heterocycles. The number of aliphatic hydroxyl groups is 2. The zero-order chi connectivity index (χ0) is 7.84. The molecule has 4 heteroatoms. The average Bonchev–Trinajstić information content (AvgIpc) is 2.70. The minimum atomic E-state index is -0.480. The Balaban J connectivity index is 1.78. The molecular formula is C7H12O4. The molecule has 4 atom stereocenters. The van der Waals surface area contributed by atoms with Crippen molar-refractivity contribution < 1.29 is 19.7 Å². The van der Waals surface area contributed by atoms with Gasteiger partial charge in [-0.1, -0.05) is 0 Å². The van der Waals surface area contributed by atoms with Crippen LogP contribution in [0, 0.1) is 0 Å². The molecule has 0 bridgehead atoms. The van der Waals surface area contributed by atoms with Gasteiger partial charge in [-0.3, -0.25) is 0 Å². The molecule has 0 aromatic carbocycles. The number of fused-ring (bicyclic) bond motifs is 1. The van der Waals surface area contributed by atoms with Gasteiger partial charge >= 0.3 is 0 Å². The van der Waals surface area contributed by atoms with Crippen LogP contribution in [0.2, 0.25) is 0 Å². The lowest BCUT2D eigenvalue weighted by molar-refractivity contribution is -0.0578. The van der Waals surface area contributed by atoms with Gasteiger partial charge in [0, 0.05) is 6.42 Å². The molecular weight excluding hydrogens is 148 g/mol. The van der Waals surface area contributed by atoms with Crippen molar-refractivity contribution in [3.8, 4) is 0 Å². The van der Waals surface area contributed by atoms with E-state index in [4.69, 9.17) is 14.6 Å². The zero-order valence-corrected chi connectivity index (χ0v) is 6.14. The van der Waals surface area contributed by atoms with E-state index in [-0.39, 0.29) is 24.9 Å². The van der Waals surface area contributed by atoms with Crippen LogP contribution >= 0.6 is 0 Å². The predicted octanol–water partition coefficient (Wildman–Crippen LogP) is -1.10. The Kier molecular flexibility index (Phi) is 1.85. The van der Waals surface area contributed by atoms with Crippen LogP contribution in [0.15, 0.2) is 0 Å². The van der Waals surface area contributed by atoms with Crippen LogP contribution in [-0.4, -0.2) is 47.8 Å². The third kappa shape index (κ3) is 1.27. The molecule has 11 heavy (non-hydrogen) atoms. The number of rotatable bonds is 3. The van der Waals surface area contributed by atoms with E-state index in [1.807, 2.05) is 0 Å². The third-order valence-electron chi connectivity index (χ3n) is 2.23. The van der Waals surface area contributed by atoms with E-state index in [0.29, 0.717) is 6.61 Å². The summed E-state index contributed by atoms with van der Waals surface area (Å²) < 4.78 is 10.3. The lowest BCUT2D eigenvalue weighted by atomic mass is 10.2. The fourth-order valence-electron chi connectivity index (χ4n) is 1.60. The Morgan fingerprint density at radius 1 is 1.55 bits per heavy atom. The van der Waals surface area contributed by atoms with Crippen LogP contribution in [0.4, 0.5) is 0 Å². The summed E-state index contributed by atoms with van der Waals surface area (Å²) in [4.78, 5) is 0. The summed E-state index contributed by atoms with van der Waals surface area (Å²) in [5, 5.41) is 17.8. The van der Waals surface area contributed by atoms with Gasteiger partial charge in [-0.25, -0.2) is 0 Å². The smallest absolute Gasteiger partial charge is 0.113 e. The van der Waals surface area contributed by atoms with E-state index >= 15 is 0 Å². The maximum absolute atomic E-state index is 9.39. The van der Waals surface area contributed by atoms with Crippen LogP contribution in [0.3, 0.4) is 0 Å². The number of hydrogen-bond acceptors (Lipinski definition) is 4. The normalized spacial score (nSPS) is 47.5. The molecule has 0 aromatic rings. The van der Waals surface area contributed by atoms with E-state index in [2.05, 4.69) is 0 Å². The minimum Gasteiger partial charge on any atom is -0.394 e. The highest BCUT2D eigenvalue weighted by molar-refractivity contribution is 5.03. The van der Waals surface area contributed by atoms with Crippen molar-refractivity contribution in [2.75, 3.05) is 13.2 Å². The van der Waals surface area contributed by atoms with Crippen LogP contribution in [0.25, 0.3) is 0 Å². The van der Waals surface area contributed by atoms with Crippen LogP contribution in [0.5, 0.6) is 0 Å². The van der Waals surface area contributed by atoms with Crippen molar-refractivity contribution >= 4 is 0 Å². The Bertz CT molecular complexity index is 149. The summed E-state index contributed by atoms with van der Waals surface area (Å²) in [5.41, 5.74) is 0. The molecule has 1 heterocycles. The van der Waals surface area contributed by atoms with Gasteiger partial charge < -0.3 is 19.7 Å². The molecule has 1 aliphatic carbocycles. The molecule has 0 amide bonds. The lowest BCUT2D eigenvalue weighted by Crippen LogP contribution is -2.29. The second-order valence-electron chi connectivity index (χ2n) is 3.00. The summed E-state index contributed by atoms with van der Waals surface area (Å²) in [7, 11) is 0. The monoisotopic (exact) mass is 160 g/mol. The highest BCUT2D eigenvalue weighted by Gasteiger charge is 2.55. The molecule has 2 fully saturated rings. The van der Waals surface area contributed by atoms with Gasteiger partial charge in [0.25, 0.3) is 0 Å². The molecule has 2 aliphatic rings. The highest BCUT2D eigenvalue weighted by atomic mass is 16.6. The van der Waals surface area contributed by atoms with Gasteiger partial charge in [0.05, 0.1) is 25.4 Å². The van der Waals surface area contributed by atoms with Crippen molar-refractivity contribution in [2.45, 2.75) is 30.8 Å². The topological polar surface area (TPSA) is 62.2 Å². The Labute approximate surface area is 64.7 Å². The zero-order valence-electron chi connectivity index (χ0n) is 6.14. The van der Waals surface area contributed by atoms with Gasteiger partial charge in [-0.15, -0.1) is 0 Å². The second-order valence-corrected chi connectivity index (χ2v) is 3.00. The Morgan fingerprint density at radius 3 is 2.91 bits per heavy atom. The second kappa shape index (κ2) is 2.71. The van der Waals surface area contributed by atoms with Gasteiger partial charge in [0.2, 0.25) is 0 Å². The van der Waals surface area contributed by atoms with E-state index in [1.165, 1.54) is 0 Å². The van der Waals surface area contributed by atoms with Gasteiger partial charge in [-0.05, 0) is 0 Å². The van der Waals surface area contributed by atoms with Crippen molar-refractivity contribution in [2.24, 2.45) is 0 Å². The maximum Gasteiger partial charge on any atom is 0.113 e. The summed E-state index contributed by atoms with van der Waals surface area (Å²) in [5.74, 6) is 0. The summed E-state index contributed by atoms with van der Waals surface area (Å²) in [6, 6.07) is 0. The average molecular weight is 160 g/mol. The molecule has 0 unspecified atom stereocenters. The van der Waals surface area contributed by atoms with Gasteiger partial charge in [0.1, 0.15) is 12.2 Å². The Hall–Kier alpha value is -0.160. The van der Waals surface area contributed by atoms with Crippen molar-refractivity contribution in [3.63, 3.8) is 0 Å². The van der Waals surface area contributed by atoms with Crippen LogP contribution in [0.1, 0.15) is 6.42 Å². The molecule has 4 nitrogen and oxygen atoms in total. The molecule has 0 spiro atoms. The first kappa shape index (κ1) is 7.49. The largest absolute Gasteiger partial charge is 0.394 e. The summed E-state index contributed by atoms with van der Waals surface area (Å²) in [6.07, 6.45) is 0.399. The SMILES string of the molecule is OCCO[C@H]1C[C@@H]2O[C@H]2[C@@H]1O. The fourth-order valence-corrected chi connectivity index (χ4v) is 1.60. The van der Waals surface area contributed by atoms with Crippen molar-refractivity contribution in [3.05, 3.63) is 0 Å². The van der Waals surface area contributed by atoms with Gasteiger partial charge in [-0.2, -0.15) is 0 Å². The van der Waals surface area contributed by atoms with E-state index < -0.39 is 6.10 Å². The molecule has 64 valence electrons. The maximum atomic E-state index is 9.39. The first-order chi connectivity index (χ1) is 5.33. The molecule has 1 saturated carbocycles. The Morgan fingerprint density at radius 2 is 2.36 bits per heavy atom. The highest BCUT2D eigenvalue weighted by Crippen LogP contribution is 2.39. The van der Waals surface area contributed by atoms with E-state index in [0.717, 1.165) is 6.42 Å². The summed E-state index contributed by atoms with van der Waals surface area (Å²) >= 11 is 0. The summed E-state index contributed by atoms with van der Waals surface area (Å²) in [6.45, 7) is 0.320. The fraction of sp³-hybridized carbons (Fsp3) is 1.00. The molecule has 1 aliphatic heterocycles. The molecule has 0 radical (unpaired) electrons. The lowest BCUT2D eigenvalue weighted by Gasteiger charge is -2.16. The number of aliphatic hydroxyl groups excluding tert-OH is 2. The third-order valence-corrected chi connectivity index (χ3v) is 2.23. The van der Waals surface area contributed by atoms with Crippen LogP contribution in [-0.2, 0) is 9.47 Å². The number of ether oxygens (including phenoxy) is 2. The van der Waals surface area contributed by atoms with Crippen LogP contribution < -0.4 is 0 Å². The minimum absolute atomic E-state index is 0.0127. The quantitative estimate of drug-likeness (QED) is 0.514. The predicted molar refractivity (Wildman–Crippen MR) is 36.1 cm³/mol. The molecule has 2 rings (SSSR count). The van der Waals surface area contributed by atoms with Gasteiger partial charge in [0.15, 0.2) is 0 Å². The standard InChI is InChI=1S/C7H12O4/c8-1-2-10-4-3-5-7(11-5)6(4)9/h4-9H,1-3H2/t4-,5-,6+,7+/m0/s1. The van der Waals surface area contributed by atoms with Crippen molar-refractivity contribution in [1.29, 1.82) is 0 Å². The number of hydrogen-bond donors (Lipinski definition) is 2. The first-order valence-electron chi connectivity index (χ1n) is 3.89. The molecule has 1 saturated heterocycles. The number of epoxide rings is 1. The van der Waals surface area contributed by atoms with Crippen molar-refractivity contribution in [1.82, 2.24) is 0 Å². The molecule has 2 N–H and O–H groups in total. The van der Waals surface area contributed by atoms with E-state index in [1.54, 1.807) is 0 Å². The van der Waals surface area contributed by atoms with E-state index in [9.17, 15) is 5.11 Å².